The molecular formula is C26H42O5. The molecule has 5 nitrogen and oxygen atoms in total. The number of ketones is 1. The summed E-state index contributed by atoms with van der Waals surface area (Å²) in [6.45, 7) is 9.99. The zero-order chi connectivity index (χ0) is 22.6. The zero-order valence-electron chi connectivity index (χ0n) is 20.1. The molecule has 4 rings (SSSR count). The fourth-order valence-corrected chi connectivity index (χ4v) is 8.66. The van der Waals surface area contributed by atoms with Crippen LogP contribution in [-0.2, 0) is 19.1 Å². The van der Waals surface area contributed by atoms with Crippen LogP contribution in [0.4, 0.5) is 0 Å². The average Bonchev–Trinajstić information content (AvgIpc) is 3.04. The summed E-state index contributed by atoms with van der Waals surface area (Å²) < 4.78 is 10.8. The van der Waals surface area contributed by atoms with Gasteiger partial charge >= 0.3 is 5.97 Å². The number of Topliss-reactive ketones (excluding diaryl/α,β-unsaturated/α-hetero) is 1. The largest absolute Gasteiger partial charge is 0.436 e. The predicted molar refractivity (Wildman–Crippen MR) is 118 cm³/mol. The molecular weight excluding hydrogens is 392 g/mol. The monoisotopic (exact) mass is 434 g/mol. The molecule has 4 aliphatic rings. The van der Waals surface area contributed by atoms with Gasteiger partial charge in [-0.15, -0.1) is 0 Å². The molecule has 0 amide bonds. The zero-order valence-corrected chi connectivity index (χ0v) is 20.1. The van der Waals surface area contributed by atoms with E-state index in [2.05, 4.69) is 13.8 Å². The molecule has 0 aromatic heterocycles. The van der Waals surface area contributed by atoms with Gasteiger partial charge in [0, 0.05) is 12.8 Å². The molecule has 0 bridgehead atoms. The number of carbonyl (C=O) groups excluding carboxylic acids is 2. The summed E-state index contributed by atoms with van der Waals surface area (Å²) in [5.74, 6) is 2.93. The molecule has 0 saturated heterocycles. The van der Waals surface area contributed by atoms with Gasteiger partial charge in [-0.3, -0.25) is 9.59 Å². The summed E-state index contributed by atoms with van der Waals surface area (Å²) in [5.41, 5.74) is -0.361. The van der Waals surface area contributed by atoms with Crippen LogP contribution in [0.5, 0.6) is 0 Å². The Hall–Kier alpha value is -0.940. The highest BCUT2D eigenvalue weighted by atomic mass is 16.7. The number of esters is 1. The van der Waals surface area contributed by atoms with Crippen molar-refractivity contribution in [2.75, 3.05) is 6.61 Å². The molecule has 4 fully saturated rings. The third kappa shape index (κ3) is 3.99. The van der Waals surface area contributed by atoms with Gasteiger partial charge in [-0.05, 0) is 106 Å². The Balaban J connectivity index is 1.44. The van der Waals surface area contributed by atoms with Crippen molar-refractivity contribution in [3.63, 3.8) is 0 Å². The van der Waals surface area contributed by atoms with Gasteiger partial charge in [0.15, 0.2) is 6.29 Å². The summed E-state index contributed by atoms with van der Waals surface area (Å²) in [4.78, 5) is 23.5. The fraction of sp³-hybridized carbons (Fsp3) is 0.923. The Bertz CT molecular complexity index is 721. The molecule has 31 heavy (non-hydrogen) atoms. The lowest BCUT2D eigenvalue weighted by molar-refractivity contribution is -0.202. The van der Waals surface area contributed by atoms with E-state index in [1.165, 1.54) is 32.6 Å². The molecule has 4 aliphatic carbocycles. The highest BCUT2D eigenvalue weighted by Gasteiger charge is 2.61. The van der Waals surface area contributed by atoms with Gasteiger partial charge in [-0.1, -0.05) is 13.8 Å². The summed E-state index contributed by atoms with van der Waals surface area (Å²) in [6, 6.07) is 0. The predicted octanol–water partition coefficient (Wildman–Crippen LogP) is 4.89. The average molecular weight is 435 g/mol. The first-order valence-corrected chi connectivity index (χ1v) is 12.5. The fourth-order valence-electron chi connectivity index (χ4n) is 8.66. The molecule has 1 N–H and O–H groups in total. The molecule has 0 aliphatic heterocycles. The maximum Gasteiger partial charge on any atom is 0.304 e. The highest BCUT2D eigenvalue weighted by molar-refractivity contribution is 5.79. The lowest BCUT2D eigenvalue weighted by Crippen LogP contribution is -2.57. The van der Waals surface area contributed by atoms with E-state index < -0.39 is 11.9 Å². The summed E-state index contributed by atoms with van der Waals surface area (Å²) in [5, 5.41) is 11.3. The van der Waals surface area contributed by atoms with Crippen LogP contribution in [0.15, 0.2) is 0 Å². The Kier molecular flexibility index (Phi) is 6.09. The maximum atomic E-state index is 12.3. The topological polar surface area (TPSA) is 72.8 Å². The molecule has 0 radical (unpaired) electrons. The van der Waals surface area contributed by atoms with E-state index in [9.17, 15) is 14.7 Å². The van der Waals surface area contributed by atoms with Crippen molar-refractivity contribution in [1.82, 2.24) is 0 Å². The molecule has 0 aromatic carbocycles. The van der Waals surface area contributed by atoms with E-state index >= 15 is 0 Å². The van der Waals surface area contributed by atoms with E-state index in [1.54, 1.807) is 13.8 Å². The van der Waals surface area contributed by atoms with Crippen LogP contribution in [0.25, 0.3) is 0 Å². The van der Waals surface area contributed by atoms with E-state index in [-0.39, 0.29) is 29.3 Å². The van der Waals surface area contributed by atoms with Crippen LogP contribution < -0.4 is 0 Å². The number of fused-ring (bicyclic) bond motifs is 5. The molecule has 176 valence electrons. The second kappa shape index (κ2) is 8.13. The lowest BCUT2D eigenvalue weighted by atomic mass is 9.44. The molecule has 0 spiro atoms. The van der Waals surface area contributed by atoms with Gasteiger partial charge < -0.3 is 14.6 Å². The molecule has 4 saturated carbocycles. The second-order valence-electron chi connectivity index (χ2n) is 11.9. The Morgan fingerprint density at radius 2 is 1.68 bits per heavy atom. The number of ether oxygens (including phenoxy) is 2. The van der Waals surface area contributed by atoms with Gasteiger partial charge in [0.2, 0.25) is 0 Å². The van der Waals surface area contributed by atoms with Crippen molar-refractivity contribution >= 4 is 11.8 Å². The van der Waals surface area contributed by atoms with Gasteiger partial charge in [-0.2, -0.15) is 0 Å². The van der Waals surface area contributed by atoms with Gasteiger partial charge in [0.1, 0.15) is 5.78 Å². The summed E-state index contributed by atoms with van der Waals surface area (Å²) in [6.07, 6.45) is 9.02. The van der Waals surface area contributed by atoms with E-state index in [0.29, 0.717) is 23.5 Å². The van der Waals surface area contributed by atoms with Crippen LogP contribution in [0.1, 0.15) is 92.4 Å². The minimum absolute atomic E-state index is 0.201. The molecule has 0 heterocycles. The van der Waals surface area contributed by atoms with E-state index in [4.69, 9.17) is 9.47 Å². The third-order valence-electron chi connectivity index (χ3n) is 10.2. The summed E-state index contributed by atoms with van der Waals surface area (Å²) in [7, 11) is 0. The molecule has 5 heteroatoms. The Morgan fingerprint density at radius 1 is 0.968 bits per heavy atom. The molecule has 9 atom stereocenters. The lowest BCUT2D eigenvalue weighted by Gasteiger charge is -2.62. The minimum atomic E-state index is -0.832. The number of hydrogen-bond donors (Lipinski definition) is 1. The van der Waals surface area contributed by atoms with E-state index in [1.807, 2.05) is 0 Å². The summed E-state index contributed by atoms with van der Waals surface area (Å²) >= 11 is 0. The van der Waals surface area contributed by atoms with Crippen LogP contribution in [0.2, 0.25) is 0 Å². The molecule has 1 unspecified atom stereocenters. The third-order valence-corrected chi connectivity index (χ3v) is 10.2. The normalized spacial score (nSPS) is 47.6. The standard InChI is InChI=1S/C26H42O5/c1-16(27)21-8-9-22-20-7-6-19-14-26(29,15-30-18(3)31-17(2)28)13-12-24(19,4)23(20)10-11-25(21,22)5/h18-23,29H,6-15H2,1-5H3/t18?,19-,20-,21+,22-,23-,24-,25+,26+/m0/s1. The first-order valence-electron chi connectivity index (χ1n) is 12.5. The number of rotatable bonds is 5. The highest BCUT2D eigenvalue weighted by Crippen LogP contribution is 2.68. The van der Waals surface area contributed by atoms with Gasteiger partial charge in [0.25, 0.3) is 0 Å². The number of aliphatic hydroxyl groups is 1. The van der Waals surface area contributed by atoms with Crippen LogP contribution >= 0.6 is 0 Å². The quantitative estimate of drug-likeness (QED) is 0.493. The van der Waals surface area contributed by atoms with Crippen LogP contribution in [0, 0.1) is 40.4 Å². The van der Waals surface area contributed by atoms with Crippen molar-refractivity contribution < 1.29 is 24.2 Å². The van der Waals surface area contributed by atoms with Crippen LogP contribution in [0.3, 0.4) is 0 Å². The van der Waals surface area contributed by atoms with Crippen molar-refractivity contribution in [3.05, 3.63) is 0 Å². The first-order chi connectivity index (χ1) is 14.5. The first kappa shape index (κ1) is 23.2. The Morgan fingerprint density at radius 3 is 2.35 bits per heavy atom. The van der Waals surface area contributed by atoms with Crippen molar-refractivity contribution in [3.8, 4) is 0 Å². The second-order valence-corrected chi connectivity index (χ2v) is 11.9. The molecule has 0 aromatic rings. The van der Waals surface area contributed by atoms with Crippen molar-refractivity contribution in [2.24, 2.45) is 40.4 Å². The maximum absolute atomic E-state index is 12.3. The Labute approximate surface area is 187 Å². The van der Waals surface area contributed by atoms with Crippen molar-refractivity contribution in [2.45, 2.75) is 104 Å². The minimum Gasteiger partial charge on any atom is -0.436 e. The van der Waals surface area contributed by atoms with Gasteiger partial charge in [0.05, 0.1) is 12.2 Å². The number of carbonyl (C=O) groups is 2. The van der Waals surface area contributed by atoms with E-state index in [0.717, 1.165) is 38.0 Å². The van der Waals surface area contributed by atoms with Gasteiger partial charge in [-0.25, -0.2) is 0 Å². The van der Waals surface area contributed by atoms with Crippen molar-refractivity contribution in [1.29, 1.82) is 0 Å². The smallest absolute Gasteiger partial charge is 0.304 e. The SMILES string of the molecule is CC(=O)OC(C)OC[C@@]1(O)CC[C@@]2(C)[C@@H](CC[C@@H]3[C@@H]2CC[C@]2(C)[C@@H](C(C)=O)CC[C@@H]32)C1. The number of hydrogen-bond acceptors (Lipinski definition) is 5. The van der Waals surface area contributed by atoms with Crippen LogP contribution in [-0.4, -0.2) is 35.4 Å².